The highest BCUT2D eigenvalue weighted by atomic mass is 16.5. The van der Waals surface area contributed by atoms with Gasteiger partial charge in [-0.3, -0.25) is 0 Å². The molecule has 0 aliphatic heterocycles. The van der Waals surface area contributed by atoms with E-state index in [0.717, 1.165) is 17.8 Å². The van der Waals surface area contributed by atoms with Crippen molar-refractivity contribution >= 4 is 0 Å². The number of aliphatic hydroxyl groups is 1. The average Bonchev–Trinajstić information content (AvgIpc) is 2.84. The van der Waals surface area contributed by atoms with E-state index in [0.29, 0.717) is 18.1 Å². The number of rotatable bonds is 6. The summed E-state index contributed by atoms with van der Waals surface area (Å²) in [6.07, 6.45) is 3.89. The Balaban J connectivity index is 2.00. The lowest BCUT2D eigenvalue weighted by molar-refractivity contribution is 0.198. The molecular formula is C15H20N2O3. The second kappa shape index (κ2) is 6.43. The lowest BCUT2D eigenvalue weighted by Crippen LogP contribution is -2.07. The zero-order valence-electron chi connectivity index (χ0n) is 12.0. The van der Waals surface area contributed by atoms with E-state index in [1.165, 1.54) is 0 Å². The number of hydrogen-bond acceptors (Lipinski definition) is 4. The molecule has 2 rings (SSSR count). The Hall–Kier alpha value is -2.01. The van der Waals surface area contributed by atoms with Gasteiger partial charge in [0.25, 0.3) is 0 Å². The fourth-order valence-corrected chi connectivity index (χ4v) is 1.95. The van der Waals surface area contributed by atoms with Crippen LogP contribution < -0.4 is 9.47 Å². The molecule has 20 heavy (non-hydrogen) atoms. The maximum absolute atomic E-state index is 9.56. The molecule has 1 heterocycles. The van der Waals surface area contributed by atoms with Gasteiger partial charge < -0.3 is 19.1 Å². The van der Waals surface area contributed by atoms with Gasteiger partial charge in [0, 0.05) is 25.9 Å². The summed E-state index contributed by atoms with van der Waals surface area (Å²) in [6.45, 7) is 2.24. The highest BCUT2D eigenvalue weighted by molar-refractivity contribution is 5.43. The van der Waals surface area contributed by atoms with Gasteiger partial charge in [0.1, 0.15) is 5.82 Å². The van der Waals surface area contributed by atoms with E-state index in [1.807, 2.05) is 29.9 Å². The zero-order chi connectivity index (χ0) is 14.5. The highest BCUT2D eigenvalue weighted by Gasteiger charge is 2.09. The minimum absolute atomic E-state index is 0.523. The normalized spacial score (nSPS) is 12.2. The van der Waals surface area contributed by atoms with E-state index in [2.05, 4.69) is 4.98 Å². The molecule has 0 bridgehead atoms. The van der Waals surface area contributed by atoms with Crippen LogP contribution in [0.15, 0.2) is 30.6 Å². The molecule has 1 atom stereocenters. The summed E-state index contributed by atoms with van der Waals surface area (Å²) < 4.78 is 13.0. The monoisotopic (exact) mass is 276 g/mol. The quantitative estimate of drug-likeness (QED) is 0.878. The van der Waals surface area contributed by atoms with Crippen LogP contribution >= 0.6 is 0 Å². The Bertz CT molecular complexity index is 564. The van der Waals surface area contributed by atoms with Gasteiger partial charge in [-0.25, -0.2) is 4.98 Å². The van der Waals surface area contributed by atoms with Crippen molar-refractivity contribution in [2.75, 3.05) is 13.7 Å². The minimum Gasteiger partial charge on any atom is -0.493 e. The molecule has 5 nitrogen and oxygen atoms in total. The van der Waals surface area contributed by atoms with Crippen LogP contribution in [0.4, 0.5) is 0 Å². The van der Waals surface area contributed by atoms with Gasteiger partial charge >= 0.3 is 0 Å². The molecule has 0 saturated heterocycles. The van der Waals surface area contributed by atoms with E-state index >= 15 is 0 Å². The van der Waals surface area contributed by atoms with Crippen molar-refractivity contribution in [1.29, 1.82) is 0 Å². The average molecular weight is 276 g/mol. The molecule has 1 N–H and O–H groups in total. The Morgan fingerprint density at radius 3 is 2.75 bits per heavy atom. The van der Waals surface area contributed by atoms with Crippen molar-refractivity contribution in [2.45, 2.75) is 19.4 Å². The summed E-state index contributed by atoms with van der Waals surface area (Å²) >= 11 is 0. The molecule has 108 valence electrons. The molecule has 5 heteroatoms. The molecule has 1 aromatic heterocycles. The standard InChI is InChI=1S/C15H20N2O3/c1-11(18)12-4-5-13(14(10-12)19-3)20-9-6-15-16-7-8-17(15)2/h4-5,7-8,10-11,18H,6,9H2,1-3H3. The van der Waals surface area contributed by atoms with Crippen LogP contribution in [0.3, 0.4) is 0 Å². The predicted molar refractivity (Wildman–Crippen MR) is 76.0 cm³/mol. The molecule has 0 fully saturated rings. The molecule has 0 saturated carbocycles. The van der Waals surface area contributed by atoms with Crippen LogP contribution in [-0.2, 0) is 13.5 Å². The van der Waals surface area contributed by atoms with Crippen molar-refractivity contribution in [1.82, 2.24) is 9.55 Å². The predicted octanol–water partition coefficient (Wildman–Crippen LogP) is 2.10. The molecule has 2 aromatic rings. The molecule has 0 aliphatic carbocycles. The van der Waals surface area contributed by atoms with Crippen molar-refractivity contribution in [3.63, 3.8) is 0 Å². The molecule has 0 aliphatic rings. The molecule has 1 aromatic carbocycles. The first kappa shape index (κ1) is 14.4. The van der Waals surface area contributed by atoms with Crippen molar-refractivity contribution < 1.29 is 14.6 Å². The van der Waals surface area contributed by atoms with Gasteiger partial charge in [-0.2, -0.15) is 0 Å². The number of imidazole rings is 1. The third kappa shape index (κ3) is 3.30. The maximum Gasteiger partial charge on any atom is 0.161 e. The molecule has 0 amide bonds. The Morgan fingerprint density at radius 1 is 1.35 bits per heavy atom. The molecule has 0 spiro atoms. The van der Waals surface area contributed by atoms with E-state index < -0.39 is 6.10 Å². The van der Waals surface area contributed by atoms with Gasteiger partial charge in [-0.15, -0.1) is 0 Å². The Morgan fingerprint density at radius 2 is 2.15 bits per heavy atom. The summed E-state index contributed by atoms with van der Waals surface area (Å²) in [7, 11) is 3.55. The highest BCUT2D eigenvalue weighted by Crippen LogP contribution is 2.30. The smallest absolute Gasteiger partial charge is 0.161 e. The van der Waals surface area contributed by atoms with Gasteiger partial charge in [0.05, 0.1) is 19.8 Å². The summed E-state index contributed by atoms with van der Waals surface area (Å²) in [5.74, 6) is 2.28. The van der Waals surface area contributed by atoms with Gasteiger partial charge in [0.15, 0.2) is 11.5 Å². The van der Waals surface area contributed by atoms with Crippen LogP contribution in [0.25, 0.3) is 0 Å². The number of methoxy groups -OCH3 is 1. The van der Waals surface area contributed by atoms with Crippen LogP contribution in [0.2, 0.25) is 0 Å². The number of aryl methyl sites for hydroxylation is 1. The zero-order valence-corrected chi connectivity index (χ0v) is 12.0. The van der Waals surface area contributed by atoms with Gasteiger partial charge in [-0.1, -0.05) is 6.07 Å². The second-order valence-corrected chi connectivity index (χ2v) is 4.64. The van der Waals surface area contributed by atoms with Gasteiger partial charge in [-0.05, 0) is 24.6 Å². The SMILES string of the molecule is COc1cc(C(C)O)ccc1OCCc1nccn1C. The molecule has 1 unspecified atom stereocenters. The Kier molecular flexibility index (Phi) is 4.63. The van der Waals surface area contributed by atoms with E-state index in [-0.39, 0.29) is 0 Å². The van der Waals surface area contributed by atoms with E-state index in [4.69, 9.17) is 9.47 Å². The summed E-state index contributed by atoms with van der Waals surface area (Å²) in [4.78, 5) is 4.25. The molecule has 0 radical (unpaired) electrons. The maximum atomic E-state index is 9.56. The van der Waals surface area contributed by atoms with Crippen molar-refractivity contribution in [3.05, 3.63) is 42.0 Å². The van der Waals surface area contributed by atoms with Crippen LogP contribution in [0.5, 0.6) is 11.5 Å². The van der Waals surface area contributed by atoms with Crippen molar-refractivity contribution in [3.8, 4) is 11.5 Å². The van der Waals surface area contributed by atoms with Crippen LogP contribution in [0, 0.1) is 0 Å². The first-order valence-corrected chi connectivity index (χ1v) is 6.57. The third-order valence-corrected chi connectivity index (χ3v) is 3.17. The lowest BCUT2D eigenvalue weighted by Gasteiger charge is -2.13. The van der Waals surface area contributed by atoms with Crippen LogP contribution in [-0.4, -0.2) is 28.4 Å². The summed E-state index contributed by atoms with van der Waals surface area (Å²) in [5.41, 5.74) is 0.804. The minimum atomic E-state index is -0.523. The fraction of sp³-hybridized carbons (Fsp3) is 0.400. The Labute approximate surface area is 118 Å². The number of aliphatic hydroxyl groups excluding tert-OH is 1. The van der Waals surface area contributed by atoms with Crippen molar-refractivity contribution in [2.24, 2.45) is 7.05 Å². The van der Waals surface area contributed by atoms with Crippen LogP contribution in [0.1, 0.15) is 24.4 Å². The van der Waals surface area contributed by atoms with E-state index in [1.54, 1.807) is 26.3 Å². The van der Waals surface area contributed by atoms with Gasteiger partial charge in [0.2, 0.25) is 0 Å². The third-order valence-electron chi connectivity index (χ3n) is 3.17. The topological polar surface area (TPSA) is 56.5 Å². The lowest BCUT2D eigenvalue weighted by atomic mass is 10.1. The number of benzene rings is 1. The summed E-state index contributed by atoms with van der Waals surface area (Å²) in [5, 5.41) is 9.56. The number of aromatic nitrogens is 2. The summed E-state index contributed by atoms with van der Waals surface area (Å²) in [6, 6.07) is 5.45. The first-order chi connectivity index (χ1) is 9.61. The second-order valence-electron chi connectivity index (χ2n) is 4.64. The molecular weight excluding hydrogens is 256 g/mol. The first-order valence-electron chi connectivity index (χ1n) is 6.57. The number of hydrogen-bond donors (Lipinski definition) is 1. The number of nitrogens with zero attached hydrogens (tertiary/aromatic N) is 2. The largest absolute Gasteiger partial charge is 0.493 e. The number of ether oxygens (including phenoxy) is 2. The van der Waals surface area contributed by atoms with E-state index in [9.17, 15) is 5.11 Å². The fourth-order valence-electron chi connectivity index (χ4n) is 1.95.